The van der Waals surface area contributed by atoms with E-state index in [-0.39, 0.29) is 0 Å². The van der Waals surface area contributed by atoms with Gasteiger partial charge in [-0.1, -0.05) is 26.2 Å². The molecule has 0 bridgehead atoms. The Kier molecular flexibility index (Phi) is 4.48. The fraction of sp³-hybridized carbons (Fsp3) is 0.750. The number of fused-ring (bicyclic) bond motifs is 1. The second kappa shape index (κ2) is 6.34. The lowest BCUT2D eigenvalue weighted by Crippen LogP contribution is -2.27. The van der Waals surface area contributed by atoms with Crippen LogP contribution in [0.4, 0.5) is 5.13 Å². The van der Waals surface area contributed by atoms with Crippen molar-refractivity contribution >= 4 is 22.4 Å². The Labute approximate surface area is 130 Å². The third-order valence-corrected chi connectivity index (χ3v) is 6.00. The van der Waals surface area contributed by atoms with E-state index in [0.717, 1.165) is 36.0 Å². The number of carboxylic acids is 1. The van der Waals surface area contributed by atoms with Gasteiger partial charge in [-0.3, -0.25) is 4.79 Å². The monoisotopic (exact) mass is 308 g/mol. The molecule has 1 fully saturated rings. The largest absolute Gasteiger partial charge is 0.481 e. The van der Waals surface area contributed by atoms with Gasteiger partial charge < -0.3 is 10.4 Å². The minimum absolute atomic E-state index is 0.393. The van der Waals surface area contributed by atoms with Crippen molar-refractivity contribution in [2.45, 2.75) is 70.3 Å². The molecule has 3 unspecified atom stereocenters. The van der Waals surface area contributed by atoms with Crippen molar-refractivity contribution in [2.24, 2.45) is 5.92 Å². The molecule has 3 rings (SSSR count). The fourth-order valence-corrected chi connectivity index (χ4v) is 4.83. The average Bonchev–Trinajstić information content (AvgIpc) is 2.89. The summed E-state index contributed by atoms with van der Waals surface area (Å²) in [4.78, 5) is 17.1. The van der Waals surface area contributed by atoms with Gasteiger partial charge in [0.05, 0.1) is 5.69 Å². The van der Waals surface area contributed by atoms with Gasteiger partial charge in [-0.05, 0) is 38.0 Å². The van der Waals surface area contributed by atoms with E-state index >= 15 is 0 Å². The quantitative estimate of drug-likeness (QED) is 0.881. The summed E-state index contributed by atoms with van der Waals surface area (Å²) in [5.41, 5.74) is 0.823. The van der Waals surface area contributed by atoms with Crippen LogP contribution in [0, 0.1) is 5.92 Å². The van der Waals surface area contributed by atoms with Crippen LogP contribution in [0.3, 0.4) is 0 Å². The number of carbonyl (C=O) groups is 1. The van der Waals surface area contributed by atoms with Crippen LogP contribution < -0.4 is 5.32 Å². The maximum atomic E-state index is 11.3. The highest BCUT2D eigenvalue weighted by atomic mass is 32.1. The van der Waals surface area contributed by atoms with E-state index in [4.69, 9.17) is 0 Å². The first-order chi connectivity index (χ1) is 10.2. The molecular weight excluding hydrogens is 284 g/mol. The van der Waals surface area contributed by atoms with E-state index in [0.29, 0.717) is 6.04 Å². The lowest BCUT2D eigenvalue weighted by atomic mass is 9.84. The molecule has 1 aromatic rings. The normalized spacial score (nSPS) is 28.9. The molecule has 0 amide bonds. The zero-order chi connectivity index (χ0) is 14.8. The Bertz CT molecular complexity index is 514. The van der Waals surface area contributed by atoms with Crippen molar-refractivity contribution < 1.29 is 9.90 Å². The molecule has 1 saturated carbocycles. The van der Waals surface area contributed by atoms with Crippen LogP contribution in [0.1, 0.15) is 68.4 Å². The molecule has 2 aliphatic carbocycles. The molecule has 0 aromatic carbocycles. The maximum absolute atomic E-state index is 11.3. The molecule has 0 radical (unpaired) electrons. The first-order valence-electron chi connectivity index (χ1n) is 8.16. The number of rotatable bonds is 4. The lowest BCUT2D eigenvalue weighted by Gasteiger charge is -2.28. The van der Waals surface area contributed by atoms with Crippen LogP contribution in [0.25, 0.3) is 0 Å². The summed E-state index contributed by atoms with van der Waals surface area (Å²) < 4.78 is 0. The summed E-state index contributed by atoms with van der Waals surface area (Å²) in [6, 6.07) is 0.514. The summed E-state index contributed by atoms with van der Waals surface area (Å²) in [5, 5.41) is 13.8. The summed E-state index contributed by atoms with van der Waals surface area (Å²) in [7, 11) is 0. The minimum atomic E-state index is -0.725. The molecule has 3 atom stereocenters. The number of anilines is 1. The SMILES string of the molecule is CCC1CCCC(Nc2nc3c(s2)CCCC3C(=O)O)C1. The Hall–Kier alpha value is -1.10. The highest BCUT2D eigenvalue weighted by molar-refractivity contribution is 7.15. The molecule has 1 heterocycles. The van der Waals surface area contributed by atoms with E-state index in [9.17, 15) is 9.90 Å². The van der Waals surface area contributed by atoms with Gasteiger partial charge in [-0.25, -0.2) is 4.98 Å². The number of nitrogens with one attached hydrogen (secondary N) is 1. The van der Waals surface area contributed by atoms with E-state index in [2.05, 4.69) is 17.2 Å². The average molecular weight is 308 g/mol. The lowest BCUT2D eigenvalue weighted by molar-refractivity contribution is -0.139. The topological polar surface area (TPSA) is 62.2 Å². The van der Waals surface area contributed by atoms with Crippen molar-refractivity contribution in [3.8, 4) is 0 Å². The van der Waals surface area contributed by atoms with E-state index in [1.165, 1.54) is 37.0 Å². The predicted molar refractivity (Wildman–Crippen MR) is 85.1 cm³/mol. The summed E-state index contributed by atoms with van der Waals surface area (Å²) in [6.07, 6.45) is 9.02. The van der Waals surface area contributed by atoms with E-state index < -0.39 is 11.9 Å². The molecular formula is C16H24N2O2S. The molecule has 0 aliphatic heterocycles. The Morgan fingerprint density at radius 1 is 1.38 bits per heavy atom. The number of hydrogen-bond donors (Lipinski definition) is 2. The van der Waals surface area contributed by atoms with Crippen LogP contribution in [0.15, 0.2) is 0 Å². The highest BCUT2D eigenvalue weighted by Gasteiger charge is 2.30. The van der Waals surface area contributed by atoms with Crippen molar-refractivity contribution in [1.82, 2.24) is 4.98 Å². The predicted octanol–water partition coefficient (Wildman–Crippen LogP) is 4.03. The van der Waals surface area contributed by atoms with Gasteiger partial charge in [-0.2, -0.15) is 0 Å². The van der Waals surface area contributed by atoms with Crippen molar-refractivity contribution in [2.75, 3.05) is 5.32 Å². The molecule has 4 nitrogen and oxygen atoms in total. The number of aryl methyl sites for hydroxylation is 1. The van der Waals surface area contributed by atoms with Gasteiger partial charge in [0.1, 0.15) is 5.92 Å². The first-order valence-corrected chi connectivity index (χ1v) is 8.98. The van der Waals surface area contributed by atoms with Crippen LogP contribution >= 0.6 is 11.3 Å². The standard InChI is InChI=1S/C16H24N2O2S/c1-2-10-5-3-6-11(9-10)17-16-18-14-12(15(19)20)7-4-8-13(14)21-16/h10-12H,2-9H2,1H3,(H,17,18)(H,19,20). The first kappa shape index (κ1) is 14.8. The molecule has 21 heavy (non-hydrogen) atoms. The third kappa shape index (κ3) is 3.23. The van der Waals surface area contributed by atoms with Crippen molar-refractivity contribution in [1.29, 1.82) is 0 Å². The van der Waals surface area contributed by atoms with E-state index in [1.807, 2.05) is 0 Å². The van der Waals surface area contributed by atoms with Crippen molar-refractivity contribution in [3.05, 3.63) is 10.6 Å². The second-order valence-corrected chi connectivity index (χ2v) is 7.48. The highest BCUT2D eigenvalue weighted by Crippen LogP contribution is 2.38. The molecule has 1 aromatic heterocycles. The maximum Gasteiger partial charge on any atom is 0.312 e. The molecule has 0 saturated heterocycles. The molecule has 2 aliphatic rings. The Morgan fingerprint density at radius 3 is 3.00 bits per heavy atom. The van der Waals surface area contributed by atoms with Crippen LogP contribution in [-0.2, 0) is 11.2 Å². The Balaban J connectivity index is 1.71. The fourth-order valence-electron chi connectivity index (χ4n) is 3.69. The van der Waals surface area contributed by atoms with Gasteiger partial charge in [0.2, 0.25) is 0 Å². The number of carboxylic acid groups (broad SMARTS) is 1. The van der Waals surface area contributed by atoms with Gasteiger partial charge in [0.15, 0.2) is 5.13 Å². The molecule has 2 N–H and O–H groups in total. The number of nitrogens with zero attached hydrogens (tertiary/aromatic N) is 1. The molecule has 116 valence electrons. The number of aliphatic carboxylic acids is 1. The summed E-state index contributed by atoms with van der Waals surface area (Å²) in [5.74, 6) is -0.288. The van der Waals surface area contributed by atoms with Crippen LogP contribution in [0.2, 0.25) is 0 Å². The van der Waals surface area contributed by atoms with E-state index in [1.54, 1.807) is 11.3 Å². The zero-order valence-corrected chi connectivity index (χ0v) is 13.4. The molecule has 0 spiro atoms. The smallest absolute Gasteiger partial charge is 0.312 e. The van der Waals surface area contributed by atoms with Crippen molar-refractivity contribution in [3.63, 3.8) is 0 Å². The Morgan fingerprint density at radius 2 is 2.24 bits per heavy atom. The molecule has 5 heteroatoms. The summed E-state index contributed by atoms with van der Waals surface area (Å²) in [6.45, 7) is 2.27. The number of aromatic nitrogens is 1. The van der Waals surface area contributed by atoms with Crippen LogP contribution in [0.5, 0.6) is 0 Å². The van der Waals surface area contributed by atoms with Gasteiger partial charge in [-0.15, -0.1) is 11.3 Å². The number of thiazole rings is 1. The van der Waals surface area contributed by atoms with Gasteiger partial charge in [0, 0.05) is 10.9 Å². The van der Waals surface area contributed by atoms with Crippen LogP contribution in [-0.4, -0.2) is 22.1 Å². The van der Waals surface area contributed by atoms with Gasteiger partial charge >= 0.3 is 5.97 Å². The zero-order valence-electron chi connectivity index (χ0n) is 12.6. The summed E-state index contributed by atoms with van der Waals surface area (Å²) >= 11 is 1.67. The van der Waals surface area contributed by atoms with Gasteiger partial charge in [0.25, 0.3) is 0 Å². The number of hydrogen-bond acceptors (Lipinski definition) is 4. The third-order valence-electron chi connectivity index (χ3n) is 4.94. The second-order valence-electron chi connectivity index (χ2n) is 6.39. The minimum Gasteiger partial charge on any atom is -0.481 e.